The summed E-state index contributed by atoms with van der Waals surface area (Å²) in [5.74, 6) is -0.0527. The van der Waals surface area contributed by atoms with Gasteiger partial charge in [-0.1, -0.05) is 19.3 Å². The van der Waals surface area contributed by atoms with Crippen LogP contribution < -0.4 is 10.6 Å². The number of nitrogens with zero attached hydrogens (tertiary/aromatic N) is 2. The summed E-state index contributed by atoms with van der Waals surface area (Å²) in [7, 11) is 0. The van der Waals surface area contributed by atoms with E-state index in [0.717, 1.165) is 25.7 Å². The molecule has 0 atom stereocenters. The Labute approximate surface area is 117 Å². The molecule has 108 valence electrons. The average Bonchev–Trinajstić information content (AvgIpc) is 2.77. The zero-order chi connectivity index (χ0) is 14.1. The van der Waals surface area contributed by atoms with Crippen molar-refractivity contribution in [1.82, 2.24) is 15.1 Å². The third-order valence-electron chi connectivity index (χ3n) is 4.18. The van der Waals surface area contributed by atoms with Gasteiger partial charge >= 0.3 is 0 Å². The first-order valence-electron chi connectivity index (χ1n) is 7.33. The van der Waals surface area contributed by atoms with Crippen LogP contribution in [0.2, 0.25) is 0 Å². The second-order valence-electron chi connectivity index (χ2n) is 5.61. The Bertz CT molecular complexity index is 544. The van der Waals surface area contributed by atoms with Crippen LogP contribution in [0.5, 0.6) is 0 Å². The Hall–Kier alpha value is -1.85. The fourth-order valence-corrected chi connectivity index (χ4v) is 3.07. The Morgan fingerprint density at radius 3 is 2.85 bits per heavy atom. The maximum atomic E-state index is 12.3. The third-order valence-corrected chi connectivity index (χ3v) is 4.18. The second-order valence-corrected chi connectivity index (χ2v) is 5.61. The third kappa shape index (κ3) is 2.30. The molecule has 6 heteroatoms. The van der Waals surface area contributed by atoms with Crippen molar-refractivity contribution in [3.63, 3.8) is 0 Å². The molecule has 0 radical (unpaired) electrons. The highest BCUT2D eigenvalue weighted by atomic mass is 16.2. The Morgan fingerprint density at radius 2 is 2.10 bits per heavy atom. The summed E-state index contributed by atoms with van der Waals surface area (Å²) in [4.78, 5) is 24.3. The highest BCUT2D eigenvalue weighted by Crippen LogP contribution is 2.27. The molecule has 2 heterocycles. The molecular formula is C14H20N4O2. The standard InChI is InChI=1S/C14H20N4O2/c1-9-11(12-14(20)15-7-8-18(12)17-9)16-13(19)10-5-3-2-4-6-10/h10H,2-8H2,1H3,(H,15,20)(H,16,19). The lowest BCUT2D eigenvalue weighted by Gasteiger charge is -2.21. The van der Waals surface area contributed by atoms with Crippen LogP contribution in [0.1, 0.15) is 48.3 Å². The van der Waals surface area contributed by atoms with E-state index in [1.807, 2.05) is 6.92 Å². The minimum atomic E-state index is -0.157. The normalized spacial score (nSPS) is 19.4. The van der Waals surface area contributed by atoms with E-state index < -0.39 is 0 Å². The number of aromatic nitrogens is 2. The van der Waals surface area contributed by atoms with Gasteiger partial charge in [-0.3, -0.25) is 14.3 Å². The topological polar surface area (TPSA) is 76.0 Å². The smallest absolute Gasteiger partial charge is 0.271 e. The van der Waals surface area contributed by atoms with E-state index >= 15 is 0 Å². The van der Waals surface area contributed by atoms with Gasteiger partial charge < -0.3 is 10.6 Å². The molecule has 1 aromatic heterocycles. The summed E-state index contributed by atoms with van der Waals surface area (Å²) in [6, 6.07) is 0. The molecule has 0 aromatic carbocycles. The molecule has 0 bridgehead atoms. The number of carbonyl (C=O) groups excluding carboxylic acids is 2. The number of fused-ring (bicyclic) bond motifs is 1. The predicted octanol–water partition coefficient (Wildman–Crippen LogP) is 1.45. The van der Waals surface area contributed by atoms with Crippen LogP contribution in [0.25, 0.3) is 0 Å². The summed E-state index contributed by atoms with van der Waals surface area (Å²) >= 11 is 0. The van der Waals surface area contributed by atoms with Crippen molar-refractivity contribution in [3.05, 3.63) is 11.4 Å². The highest BCUT2D eigenvalue weighted by molar-refractivity contribution is 6.04. The molecule has 1 aliphatic carbocycles. The van der Waals surface area contributed by atoms with Crippen molar-refractivity contribution >= 4 is 17.5 Å². The van der Waals surface area contributed by atoms with Crippen LogP contribution in [-0.2, 0) is 11.3 Å². The molecule has 2 aliphatic rings. The van der Waals surface area contributed by atoms with E-state index in [-0.39, 0.29) is 17.7 Å². The van der Waals surface area contributed by atoms with Gasteiger partial charge in [-0.15, -0.1) is 0 Å². The fourth-order valence-electron chi connectivity index (χ4n) is 3.07. The number of rotatable bonds is 2. The predicted molar refractivity (Wildman–Crippen MR) is 74.5 cm³/mol. The van der Waals surface area contributed by atoms with Crippen molar-refractivity contribution in [2.75, 3.05) is 11.9 Å². The molecule has 6 nitrogen and oxygen atoms in total. The summed E-state index contributed by atoms with van der Waals surface area (Å²) in [5, 5.41) is 10.1. The molecular weight excluding hydrogens is 256 g/mol. The van der Waals surface area contributed by atoms with E-state index in [4.69, 9.17) is 0 Å². The first-order chi connectivity index (χ1) is 9.66. The van der Waals surface area contributed by atoms with Gasteiger partial charge in [0, 0.05) is 12.5 Å². The zero-order valence-corrected chi connectivity index (χ0v) is 11.7. The lowest BCUT2D eigenvalue weighted by Crippen LogP contribution is -2.36. The summed E-state index contributed by atoms with van der Waals surface area (Å²) in [6.45, 7) is 3.07. The molecule has 1 aliphatic heterocycles. The number of nitrogens with one attached hydrogen (secondary N) is 2. The van der Waals surface area contributed by atoms with Gasteiger partial charge in [0.2, 0.25) is 5.91 Å². The van der Waals surface area contributed by atoms with E-state index in [1.54, 1.807) is 4.68 Å². The fraction of sp³-hybridized carbons (Fsp3) is 0.643. The monoisotopic (exact) mass is 276 g/mol. The van der Waals surface area contributed by atoms with Gasteiger partial charge in [0.15, 0.2) is 0 Å². The van der Waals surface area contributed by atoms with Crippen LogP contribution in [0.15, 0.2) is 0 Å². The van der Waals surface area contributed by atoms with Crippen molar-refractivity contribution in [2.24, 2.45) is 5.92 Å². The van der Waals surface area contributed by atoms with E-state index in [9.17, 15) is 9.59 Å². The molecule has 3 rings (SSSR count). The molecule has 0 saturated heterocycles. The number of aryl methyl sites for hydroxylation is 1. The highest BCUT2D eigenvalue weighted by Gasteiger charge is 2.28. The maximum absolute atomic E-state index is 12.3. The second kappa shape index (κ2) is 5.26. The molecule has 1 fully saturated rings. The minimum Gasteiger partial charge on any atom is -0.349 e. The van der Waals surface area contributed by atoms with Gasteiger partial charge in [-0.25, -0.2) is 0 Å². The van der Waals surface area contributed by atoms with E-state index in [1.165, 1.54) is 6.42 Å². The number of hydrogen-bond acceptors (Lipinski definition) is 3. The van der Waals surface area contributed by atoms with Gasteiger partial charge in [0.05, 0.1) is 17.9 Å². The van der Waals surface area contributed by atoms with Gasteiger partial charge in [0.1, 0.15) is 5.69 Å². The Morgan fingerprint density at radius 1 is 1.35 bits per heavy atom. The Kier molecular flexibility index (Phi) is 3.46. The van der Waals surface area contributed by atoms with Crippen LogP contribution in [-0.4, -0.2) is 28.1 Å². The number of anilines is 1. The molecule has 20 heavy (non-hydrogen) atoms. The largest absolute Gasteiger partial charge is 0.349 e. The van der Waals surface area contributed by atoms with Crippen LogP contribution in [0, 0.1) is 12.8 Å². The van der Waals surface area contributed by atoms with E-state index in [2.05, 4.69) is 15.7 Å². The van der Waals surface area contributed by atoms with Crippen molar-refractivity contribution in [2.45, 2.75) is 45.6 Å². The maximum Gasteiger partial charge on any atom is 0.271 e. The van der Waals surface area contributed by atoms with Crippen molar-refractivity contribution in [3.8, 4) is 0 Å². The molecule has 0 unspecified atom stereocenters. The molecule has 2 amide bonds. The Balaban J connectivity index is 1.82. The molecule has 0 spiro atoms. The first-order valence-corrected chi connectivity index (χ1v) is 7.33. The van der Waals surface area contributed by atoms with Crippen LogP contribution >= 0.6 is 0 Å². The first kappa shape index (κ1) is 13.1. The number of hydrogen-bond donors (Lipinski definition) is 2. The minimum absolute atomic E-state index is 0.0296. The number of amides is 2. The summed E-state index contributed by atoms with van der Waals surface area (Å²) in [5.41, 5.74) is 1.77. The van der Waals surface area contributed by atoms with Crippen molar-refractivity contribution in [1.29, 1.82) is 0 Å². The lowest BCUT2D eigenvalue weighted by molar-refractivity contribution is -0.120. The lowest BCUT2D eigenvalue weighted by atomic mass is 9.88. The molecule has 2 N–H and O–H groups in total. The van der Waals surface area contributed by atoms with E-state index in [0.29, 0.717) is 30.2 Å². The zero-order valence-electron chi connectivity index (χ0n) is 11.7. The van der Waals surface area contributed by atoms with Gasteiger partial charge in [-0.2, -0.15) is 5.10 Å². The molecule has 1 aromatic rings. The van der Waals surface area contributed by atoms with Crippen LogP contribution in [0.4, 0.5) is 5.69 Å². The number of carbonyl (C=O) groups is 2. The SMILES string of the molecule is Cc1nn2c(c1NC(=O)C1CCCCC1)C(=O)NCC2. The molecule has 1 saturated carbocycles. The average molecular weight is 276 g/mol. The summed E-state index contributed by atoms with van der Waals surface area (Å²) in [6.07, 6.45) is 5.34. The van der Waals surface area contributed by atoms with Crippen LogP contribution in [0.3, 0.4) is 0 Å². The van der Waals surface area contributed by atoms with Gasteiger partial charge in [-0.05, 0) is 19.8 Å². The van der Waals surface area contributed by atoms with Crippen molar-refractivity contribution < 1.29 is 9.59 Å². The quantitative estimate of drug-likeness (QED) is 0.858. The summed E-state index contributed by atoms with van der Waals surface area (Å²) < 4.78 is 1.69. The van der Waals surface area contributed by atoms with Gasteiger partial charge in [0.25, 0.3) is 5.91 Å².